The zero-order valence-electron chi connectivity index (χ0n) is 26.2. The molecule has 49 heavy (non-hydrogen) atoms. The highest BCUT2D eigenvalue weighted by molar-refractivity contribution is 6.15. The molecule has 0 spiro atoms. The van der Waals surface area contributed by atoms with Crippen molar-refractivity contribution in [1.82, 2.24) is 19.9 Å². The summed E-state index contributed by atoms with van der Waals surface area (Å²) in [5.41, 5.74) is 6.58. The molecule has 0 saturated heterocycles. The van der Waals surface area contributed by atoms with Crippen molar-refractivity contribution in [2.24, 2.45) is 0 Å². The molecule has 0 aliphatic carbocycles. The van der Waals surface area contributed by atoms with Crippen LogP contribution in [0.4, 0.5) is 0 Å². The number of nitrogens with zero attached hydrogens (tertiary/aromatic N) is 4. The van der Waals surface area contributed by atoms with Gasteiger partial charge in [-0.15, -0.1) is 0 Å². The van der Waals surface area contributed by atoms with Crippen LogP contribution >= 0.6 is 0 Å². The first kappa shape index (κ1) is 27.4. The van der Waals surface area contributed by atoms with Gasteiger partial charge in [0.25, 0.3) is 0 Å². The second-order valence-corrected chi connectivity index (χ2v) is 12.3. The van der Waals surface area contributed by atoms with Gasteiger partial charge in [-0.05, 0) is 62.1 Å². The molecule has 0 N–H and O–H groups in total. The maximum Gasteiger partial charge on any atom is 0.164 e. The van der Waals surface area contributed by atoms with Crippen LogP contribution in [0.5, 0.6) is 0 Å². The van der Waals surface area contributed by atoms with Gasteiger partial charge >= 0.3 is 0 Å². The van der Waals surface area contributed by atoms with Gasteiger partial charge in [0.1, 0.15) is 5.58 Å². The summed E-state index contributed by atoms with van der Waals surface area (Å²) in [5, 5.41) is 8.98. The van der Waals surface area contributed by atoms with E-state index in [1.807, 2.05) is 24.4 Å². The number of rotatable bonds is 4. The summed E-state index contributed by atoms with van der Waals surface area (Å²) < 4.78 is 6.16. The fourth-order valence-corrected chi connectivity index (χ4v) is 6.96. The number of hydrogen-bond acceptors (Lipinski definition) is 5. The fraction of sp³-hybridized carbons (Fsp3) is 0. The Kier molecular flexibility index (Phi) is 6.11. The van der Waals surface area contributed by atoms with Crippen molar-refractivity contribution >= 4 is 54.3 Å². The summed E-state index contributed by atoms with van der Waals surface area (Å²) in [6, 6.07) is 50.4. The first-order valence-corrected chi connectivity index (χ1v) is 16.3. The molecule has 3 aromatic heterocycles. The average molecular weight is 627 g/mol. The molecule has 0 amide bonds. The molecule has 7 aromatic carbocycles. The van der Waals surface area contributed by atoms with Gasteiger partial charge in [-0.1, -0.05) is 121 Å². The third-order valence-corrected chi connectivity index (χ3v) is 9.37. The highest BCUT2D eigenvalue weighted by Gasteiger charge is 2.17. The Morgan fingerprint density at radius 3 is 1.59 bits per heavy atom. The van der Waals surface area contributed by atoms with Crippen LogP contribution in [0.2, 0.25) is 0 Å². The summed E-state index contributed by atoms with van der Waals surface area (Å²) >= 11 is 0. The van der Waals surface area contributed by atoms with Crippen molar-refractivity contribution in [3.8, 4) is 45.3 Å². The highest BCUT2D eigenvalue weighted by Crippen LogP contribution is 2.39. The smallest absolute Gasteiger partial charge is 0.164 e. The Hall–Kier alpha value is -6.72. The lowest BCUT2D eigenvalue weighted by molar-refractivity contribution is 0.667. The van der Waals surface area contributed by atoms with Crippen molar-refractivity contribution in [3.05, 3.63) is 158 Å². The first-order valence-electron chi connectivity index (χ1n) is 16.3. The van der Waals surface area contributed by atoms with Crippen molar-refractivity contribution in [2.75, 3.05) is 0 Å². The maximum absolute atomic E-state index is 6.16. The van der Waals surface area contributed by atoms with Crippen molar-refractivity contribution in [2.45, 2.75) is 0 Å². The molecule has 5 nitrogen and oxygen atoms in total. The third-order valence-electron chi connectivity index (χ3n) is 9.37. The monoisotopic (exact) mass is 626 g/mol. The largest absolute Gasteiger partial charge is 0.454 e. The molecule has 10 aromatic rings. The van der Waals surface area contributed by atoms with E-state index in [2.05, 4.69) is 132 Å². The molecule has 0 bridgehead atoms. The highest BCUT2D eigenvalue weighted by atomic mass is 16.3. The summed E-state index contributed by atoms with van der Waals surface area (Å²) in [6.07, 6.45) is 3.73. The van der Waals surface area contributed by atoms with Gasteiger partial charge in [0.05, 0.1) is 6.20 Å². The van der Waals surface area contributed by atoms with Gasteiger partial charge in [-0.2, -0.15) is 0 Å². The number of para-hydroxylation sites is 1. The molecular formula is C44H26N4O. The van der Waals surface area contributed by atoms with E-state index in [-0.39, 0.29) is 0 Å². The Morgan fingerprint density at radius 1 is 0.367 bits per heavy atom. The van der Waals surface area contributed by atoms with Crippen molar-refractivity contribution < 1.29 is 4.42 Å². The van der Waals surface area contributed by atoms with Crippen LogP contribution in [-0.4, -0.2) is 19.9 Å². The number of furan rings is 1. The van der Waals surface area contributed by atoms with Crippen molar-refractivity contribution in [1.29, 1.82) is 0 Å². The molecule has 0 atom stereocenters. The predicted molar refractivity (Wildman–Crippen MR) is 199 cm³/mol. The molecule has 0 radical (unpaired) electrons. The van der Waals surface area contributed by atoms with Crippen LogP contribution in [0.15, 0.2) is 162 Å². The second kappa shape index (κ2) is 10.9. The van der Waals surface area contributed by atoms with Crippen LogP contribution in [0.3, 0.4) is 0 Å². The lowest BCUT2D eigenvalue weighted by atomic mass is 9.95. The topological polar surface area (TPSA) is 64.7 Å². The Labute approximate surface area is 281 Å². The standard InChI is InChI=1S/C44H26N4O/c1-3-10-29-22-32(18-16-27(29)8-1)42-46-43(33-19-17-28-9-2-4-11-30(28)23-33)48-44(47-42)34-20-21-35-31(24-34)12-7-14-36(35)38-25-45-26-40-41(38)37-13-5-6-15-39(37)49-40/h1-26H. The molecule has 0 saturated carbocycles. The molecule has 0 fully saturated rings. The minimum atomic E-state index is 0.623. The Morgan fingerprint density at radius 2 is 0.918 bits per heavy atom. The minimum absolute atomic E-state index is 0.623. The molecule has 228 valence electrons. The second-order valence-electron chi connectivity index (χ2n) is 12.3. The predicted octanol–water partition coefficient (Wildman–Crippen LogP) is 11.3. The number of pyridine rings is 1. The van der Waals surface area contributed by atoms with Gasteiger partial charge in [-0.25, -0.2) is 15.0 Å². The van der Waals surface area contributed by atoms with E-state index in [1.54, 1.807) is 6.20 Å². The van der Waals surface area contributed by atoms with E-state index in [9.17, 15) is 0 Å². The zero-order chi connectivity index (χ0) is 32.3. The van der Waals surface area contributed by atoms with E-state index < -0.39 is 0 Å². The SMILES string of the molecule is c1ccc2cc(-c3nc(-c4ccc5ccccc5c4)nc(-c4ccc5c(-c6cncc7oc8ccccc8c67)cccc5c4)n3)ccc2c1. The molecule has 0 unspecified atom stereocenters. The molecule has 0 aliphatic heterocycles. The molecule has 3 heterocycles. The van der Waals surface area contributed by atoms with Gasteiger partial charge in [0.15, 0.2) is 23.1 Å². The summed E-state index contributed by atoms with van der Waals surface area (Å²) in [6.45, 7) is 0. The molecular weight excluding hydrogens is 601 g/mol. The molecule has 10 rings (SSSR count). The van der Waals surface area contributed by atoms with Crippen LogP contribution in [0.25, 0.3) is 99.5 Å². The van der Waals surface area contributed by atoms with Crippen molar-refractivity contribution in [3.63, 3.8) is 0 Å². The van der Waals surface area contributed by atoms with Crippen LogP contribution in [-0.2, 0) is 0 Å². The number of fused-ring (bicyclic) bond motifs is 6. The molecule has 5 heteroatoms. The Balaban J connectivity index is 1.15. The van der Waals surface area contributed by atoms with E-state index in [4.69, 9.17) is 19.4 Å². The summed E-state index contributed by atoms with van der Waals surface area (Å²) in [4.78, 5) is 19.7. The average Bonchev–Trinajstić information content (AvgIpc) is 3.56. The summed E-state index contributed by atoms with van der Waals surface area (Å²) in [5.74, 6) is 1.90. The number of benzene rings is 7. The van der Waals surface area contributed by atoms with Crippen LogP contribution in [0.1, 0.15) is 0 Å². The van der Waals surface area contributed by atoms with E-state index in [0.29, 0.717) is 17.5 Å². The fourth-order valence-electron chi connectivity index (χ4n) is 6.96. The lowest BCUT2D eigenvalue weighted by Gasteiger charge is -2.12. The zero-order valence-corrected chi connectivity index (χ0v) is 26.2. The van der Waals surface area contributed by atoms with E-state index in [0.717, 1.165) is 71.3 Å². The van der Waals surface area contributed by atoms with Gasteiger partial charge in [-0.3, -0.25) is 4.98 Å². The lowest BCUT2D eigenvalue weighted by Crippen LogP contribution is -2.00. The maximum atomic E-state index is 6.16. The van der Waals surface area contributed by atoms with Gasteiger partial charge in [0.2, 0.25) is 0 Å². The Bertz CT molecular complexity index is 2810. The van der Waals surface area contributed by atoms with E-state index >= 15 is 0 Å². The number of aromatic nitrogens is 4. The van der Waals surface area contributed by atoms with E-state index in [1.165, 1.54) is 10.8 Å². The normalized spacial score (nSPS) is 11.7. The first-order chi connectivity index (χ1) is 24.2. The van der Waals surface area contributed by atoms with Crippen LogP contribution in [0, 0.1) is 0 Å². The van der Waals surface area contributed by atoms with Gasteiger partial charge < -0.3 is 4.42 Å². The van der Waals surface area contributed by atoms with Crippen LogP contribution < -0.4 is 0 Å². The quantitative estimate of drug-likeness (QED) is 0.194. The third kappa shape index (κ3) is 4.63. The minimum Gasteiger partial charge on any atom is -0.454 e. The summed E-state index contributed by atoms with van der Waals surface area (Å²) in [7, 11) is 0. The number of hydrogen-bond donors (Lipinski definition) is 0. The van der Waals surface area contributed by atoms with Gasteiger partial charge in [0, 0.05) is 39.2 Å². The molecule has 0 aliphatic rings.